The summed E-state index contributed by atoms with van der Waals surface area (Å²) in [6.45, 7) is 4.96. The Kier molecular flexibility index (Phi) is 6.41. The second-order valence-electron chi connectivity index (χ2n) is 8.16. The molecule has 1 aliphatic rings. The van der Waals surface area contributed by atoms with Gasteiger partial charge in [0.05, 0.1) is 28.2 Å². The molecule has 0 radical (unpaired) electrons. The van der Waals surface area contributed by atoms with E-state index in [1.165, 1.54) is 11.0 Å². The summed E-state index contributed by atoms with van der Waals surface area (Å²) >= 11 is 0. The van der Waals surface area contributed by atoms with Gasteiger partial charge in [-0.05, 0) is 44.5 Å². The molecule has 7 nitrogen and oxygen atoms in total. The summed E-state index contributed by atoms with van der Waals surface area (Å²) in [5.41, 5.74) is 1.34. The molecule has 1 saturated heterocycles. The van der Waals surface area contributed by atoms with Gasteiger partial charge in [-0.15, -0.1) is 0 Å². The lowest BCUT2D eigenvalue weighted by atomic mass is 10.1. The SMILES string of the molecule is Cc1nn(-c2ccccc2)c(C)c1C(=O)C(=O)N1CCCN(c2ccc(C(F)(F)F)cn2)CC1. The average Bonchev–Trinajstić information content (AvgIpc) is 2.98. The lowest BCUT2D eigenvalue weighted by Gasteiger charge is -2.23. The summed E-state index contributed by atoms with van der Waals surface area (Å²) in [7, 11) is 0. The minimum Gasteiger partial charge on any atom is -0.355 e. The van der Waals surface area contributed by atoms with Gasteiger partial charge in [-0.25, -0.2) is 9.67 Å². The van der Waals surface area contributed by atoms with E-state index in [1.807, 2.05) is 35.2 Å². The molecule has 10 heteroatoms. The zero-order valence-electron chi connectivity index (χ0n) is 18.8. The third kappa shape index (κ3) is 4.66. The van der Waals surface area contributed by atoms with E-state index in [2.05, 4.69) is 10.1 Å². The monoisotopic (exact) mass is 471 g/mol. The number of halogens is 3. The highest BCUT2D eigenvalue weighted by Gasteiger charge is 2.32. The van der Waals surface area contributed by atoms with Crippen LogP contribution in [0.1, 0.15) is 33.7 Å². The van der Waals surface area contributed by atoms with Crippen LogP contribution in [0.25, 0.3) is 5.69 Å². The molecular weight excluding hydrogens is 447 g/mol. The lowest BCUT2D eigenvalue weighted by Crippen LogP contribution is -2.39. The number of hydrogen-bond donors (Lipinski definition) is 0. The number of anilines is 1. The van der Waals surface area contributed by atoms with E-state index in [9.17, 15) is 22.8 Å². The van der Waals surface area contributed by atoms with Crippen molar-refractivity contribution in [3.63, 3.8) is 0 Å². The largest absolute Gasteiger partial charge is 0.417 e. The minimum absolute atomic E-state index is 0.262. The third-order valence-electron chi connectivity index (χ3n) is 5.90. The molecule has 1 aliphatic heterocycles. The molecule has 1 fully saturated rings. The number of pyridine rings is 1. The summed E-state index contributed by atoms with van der Waals surface area (Å²) in [6.07, 6.45) is -3.08. The predicted octanol–water partition coefficient (Wildman–Crippen LogP) is 3.82. The first-order chi connectivity index (χ1) is 16.2. The number of para-hydroxylation sites is 1. The van der Waals surface area contributed by atoms with Crippen LogP contribution in [0.3, 0.4) is 0 Å². The maximum absolute atomic E-state index is 13.1. The van der Waals surface area contributed by atoms with Gasteiger partial charge in [-0.3, -0.25) is 9.59 Å². The third-order valence-corrected chi connectivity index (χ3v) is 5.90. The number of hydrogen-bond acceptors (Lipinski definition) is 5. The van der Waals surface area contributed by atoms with Crippen molar-refractivity contribution in [2.24, 2.45) is 0 Å². The maximum Gasteiger partial charge on any atom is 0.417 e. The normalized spacial score (nSPS) is 14.7. The Bertz CT molecular complexity index is 1190. The molecule has 1 aromatic carbocycles. The van der Waals surface area contributed by atoms with Gasteiger partial charge >= 0.3 is 6.18 Å². The van der Waals surface area contributed by atoms with Crippen molar-refractivity contribution in [3.8, 4) is 5.69 Å². The van der Waals surface area contributed by atoms with Gasteiger partial charge in [0.15, 0.2) is 0 Å². The predicted molar refractivity (Wildman–Crippen MR) is 120 cm³/mol. The zero-order chi connectivity index (χ0) is 24.5. The molecule has 0 unspecified atom stereocenters. The van der Waals surface area contributed by atoms with Gasteiger partial charge in [0.2, 0.25) is 0 Å². The number of ketones is 1. The van der Waals surface area contributed by atoms with Crippen molar-refractivity contribution < 1.29 is 22.8 Å². The number of amides is 1. The van der Waals surface area contributed by atoms with Crippen molar-refractivity contribution in [2.45, 2.75) is 26.4 Å². The Morgan fingerprint density at radius 3 is 2.32 bits per heavy atom. The lowest BCUT2D eigenvalue weighted by molar-refractivity contribution is -0.137. The molecule has 1 amide bonds. The number of nitrogens with zero attached hydrogens (tertiary/aromatic N) is 5. The Balaban J connectivity index is 1.47. The van der Waals surface area contributed by atoms with Gasteiger partial charge in [0.25, 0.3) is 11.7 Å². The van der Waals surface area contributed by atoms with Crippen LogP contribution < -0.4 is 4.90 Å². The smallest absolute Gasteiger partial charge is 0.355 e. The van der Waals surface area contributed by atoms with E-state index in [0.29, 0.717) is 48.8 Å². The summed E-state index contributed by atoms with van der Waals surface area (Å²) < 4.78 is 40.1. The van der Waals surface area contributed by atoms with Crippen LogP contribution in [0.4, 0.5) is 19.0 Å². The number of Topliss-reactive ketones (excluding diaryl/α,β-unsaturated/α-hetero) is 1. The van der Waals surface area contributed by atoms with E-state index < -0.39 is 23.4 Å². The molecule has 0 spiro atoms. The van der Waals surface area contributed by atoms with E-state index >= 15 is 0 Å². The highest BCUT2D eigenvalue weighted by molar-refractivity contribution is 6.43. The van der Waals surface area contributed by atoms with E-state index in [1.54, 1.807) is 18.5 Å². The first-order valence-electron chi connectivity index (χ1n) is 10.9. The van der Waals surface area contributed by atoms with Crippen LogP contribution in [0, 0.1) is 13.8 Å². The Morgan fingerprint density at radius 1 is 0.941 bits per heavy atom. The summed E-state index contributed by atoms with van der Waals surface area (Å²) in [5.74, 6) is -0.816. The van der Waals surface area contributed by atoms with Crippen LogP contribution in [0.2, 0.25) is 0 Å². The second-order valence-corrected chi connectivity index (χ2v) is 8.16. The Hall–Kier alpha value is -3.69. The maximum atomic E-state index is 13.1. The van der Waals surface area contributed by atoms with Crippen molar-refractivity contribution >= 4 is 17.5 Å². The Labute approximate surface area is 194 Å². The summed E-state index contributed by atoms with van der Waals surface area (Å²) in [5, 5.41) is 4.45. The van der Waals surface area contributed by atoms with Crippen molar-refractivity contribution in [1.82, 2.24) is 19.7 Å². The van der Waals surface area contributed by atoms with Crippen LogP contribution in [-0.4, -0.2) is 57.5 Å². The molecule has 2 aromatic heterocycles. The van der Waals surface area contributed by atoms with Crippen LogP contribution in [-0.2, 0) is 11.0 Å². The highest BCUT2D eigenvalue weighted by Crippen LogP contribution is 2.29. The average molecular weight is 471 g/mol. The minimum atomic E-state index is -4.45. The van der Waals surface area contributed by atoms with Crippen molar-refractivity contribution in [2.75, 3.05) is 31.1 Å². The van der Waals surface area contributed by atoms with Gasteiger partial charge in [-0.1, -0.05) is 18.2 Å². The number of aryl methyl sites for hydroxylation is 1. The van der Waals surface area contributed by atoms with Crippen LogP contribution in [0.5, 0.6) is 0 Å². The summed E-state index contributed by atoms with van der Waals surface area (Å²) in [6, 6.07) is 11.7. The van der Waals surface area contributed by atoms with Gasteiger partial charge < -0.3 is 9.80 Å². The van der Waals surface area contributed by atoms with Crippen molar-refractivity contribution in [1.29, 1.82) is 0 Å². The number of carbonyl (C=O) groups excluding carboxylic acids is 2. The fraction of sp³-hybridized carbons (Fsp3) is 0.333. The molecule has 3 aromatic rings. The van der Waals surface area contributed by atoms with E-state index in [-0.39, 0.29) is 6.54 Å². The fourth-order valence-corrected chi connectivity index (χ4v) is 4.13. The molecular formula is C24H24F3N5O2. The number of rotatable bonds is 4. The number of alkyl halides is 3. The molecule has 0 aliphatic carbocycles. The Morgan fingerprint density at radius 2 is 1.68 bits per heavy atom. The fourth-order valence-electron chi connectivity index (χ4n) is 4.13. The van der Waals surface area contributed by atoms with E-state index in [0.717, 1.165) is 18.0 Å². The van der Waals surface area contributed by atoms with Crippen LogP contribution in [0.15, 0.2) is 48.7 Å². The molecule has 3 heterocycles. The van der Waals surface area contributed by atoms with Crippen LogP contribution >= 0.6 is 0 Å². The molecule has 0 N–H and O–H groups in total. The number of aromatic nitrogens is 3. The van der Waals surface area contributed by atoms with Crippen molar-refractivity contribution in [3.05, 3.63) is 71.2 Å². The topological polar surface area (TPSA) is 71.3 Å². The molecule has 178 valence electrons. The first-order valence-corrected chi connectivity index (χ1v) is 10.9. The number of carbonyl (C=O) groups is 2. The van der Waals surface area contributed by atoms with E-state index in [4.69, 9.17) is 0 Å². The second kappa shape index (κ2) is 9.28. The molecule has 34 heavy (non-hydrogen) atoms. The van der Waals surface area contributed by atoms with Gasteiger partial charge in [0, 0.05) is 32.4 Å². The number of benzene rings is 1. The standard InChI is InChI=1S/C24H24F3N5O2/c1-16-21(17(2)32(29-16)19-7-4-3-5-8-19)22(33)23(34)31-12-6-11-30(13-14-31)20-10-9-18(15-28-20)24(25,26)27/h3-5,7-10,15H,6,11-14H2,1-2H3. The first kappa shape index (κ1) is 23.5. The van der Waals surface area contributed by atoms with Gasteiger partial charge in [0.1, 0.15) is 5.82 Å². The molecule has 0 atom stereocenters. The molecule has 0 bridgehead atoms. The summed E-state index contributed by atoms with van der Waals surface area (Å²) in [4.78, 5) is 33.5. The quantitative estimate of drug-likeness (QED) is 0.427. The molecule has 0 saturated carbocycles. The molecule has 4 rings (SSSR count). The van der Waals surface area contributed by atoms with Gasteiger partial charge in [-0.2, -0.15) is 18.3 Å². The zero-order valence-corrected chi connectivity index (χ0v) is 18.8. The highest BCUT2D eigenvalue weighted by atomic mass is 19.4.